The lowest BCUT2D eigenvalue weighted by Crippen LogP contribution is -2.49. The van der Waals surface area contributed by atoms with Gasteiger partial charge in [0.2, 0.25) is 0 Å². The third-order valence-corrected chi connectivity index (χ3v) is 5.08. The van der Waals surface area contributed by atoms with E-state index in [4.69, 9.17) is 4.99 Å². The molecule has 2 rings (SSSR count). The highest BCUT2D eigenvalue weighted by molar-refractivity contribution is 5.80. The summed E-state index contributed by atoms with van der Waals surface area (Å²) >= 11 is 0. The van der Waals surface area contributed by atoms with Gasteiger partial charge in [0.25, 0.3) is 0 Å². The highest BCUT2D eigenvalue weighted by atomic mass is 15.2. The van der Waals surface area contributed by atoms with Crippen LogP contribution in [0.15, 0.2) is 29.3 Å². The van der Waals surface area contributed by atoms with Gasteiger partial charge in [0.15, 0.2) is 5.96 Å². The average molecular weight is 345 g/mol. The minimum absolute atomic E-state index is 0.429. The van der Waals surface area contributed by atoms with Gasteiger partial charge in [0.05, 0.1) is 0 Å². The van der Waals surface area contributed by atoms with E-state index < -0.39 is 0 Å². The maximum atomic E-state index is 4.85. The Bertz CT molecular complexity index is 545. The monoisotopic (exact) mass is 344 g/mol. The quantitative estimate of drug-likeness (QED) is 0.613. The fraction of sp³-hybridized carbons (Fsp3) is 0.667. The van der Waals surface area contributed by atoms with E-state index in [1.807, 2.05) is 0 Å². The number of benzene rings is 1. The number of aryl methyl sites for hydroxylation is 1. The van der Waals surface area contributed by atoms with E-state index >= 15 is 0 Å². The minimum Gasteiger partial charge on any atom is -0.357 e. The largest absolute Gasteiger partial charge is 0.357 e. The number of hydrogen-bond acceptors (Lipinski definition) is 2. The Hall–Kier alpha value is -1.55. The van der Waals surface area contributed by atoms with Crippen molar-refractivity contribution in [1.82, 2.24) is 15.5 Å². The van der Waals surface area contributed by atoms with Crippen molar-refractivity contribution < 1.29 is 0 Å². The van der Waals surface area contributed by atoms with E-state index in [9.17, 15) is 0 Å². The Balaban J connectivity index is 1.90. The van der Waals surface area contributed by atoms with Crippen LogP contribution in [0.25, 0.3) is 0 Å². The van der Waals surface area contributed by atoms with E-state index in [1.165, 1.54) is 37.1 Å². The zero-order valence-electron chi connectivity index (χ0n) is 16.7. The molecular weight excluding hydrogens is 308 g/mol. The number of aliphatic imine (C=N–C) groups is 1. The van der Waals surface area contributed by atoms with E-state index in [1.54, 1.807) is 0 Å². The molecule has 1 heterocycles. The lowest BCUT2D eigenvalue weighted by molar-refractivity contribution is 0.167. The number of rotatable bonds is 6. The Morgan fingerprint density at radius 3 is 2.56 bits per heavy atom. The first-order chi connectivity index (χ1) is 12.0. The number of nitrogens with one attached hydrogen (secondary N) is 2. The van der Waals surface area contributed by atoms with E-state index in [0.717, 1.165) is 19.0 Å². The van der Waals surface area contributed by atoms with Crippen molar-refractivity contribution in [2.45, 2.75) is 65.5 Å². The van der Waals surface area contributed by atoms with Crippen LogP contribution in [0.3, 0.4) is 0 Å². The second kappa shape index (κ2) is 9.81. The highest BCUT2D eigenvalue weighted by Crippen LogP contribution is 2.17. The Morgan fingerprint density at radius 2 is 1.96 bits per heavy atom. The first kappa shape index (κ1) is 19.8. The van der Waals surface area contributed by atoms with Crippen molar-refractivity contribution >= 4 is 5.96 Å². The summed E-state index contributed by atoms with van der Waals surface area (Å²) in [6.07, 6.45) is 2.38. The molecule has 0 bridgehead atoms. The van der Waals surface area contributed by atoms with Gasteiger partial charge in [-0.05, 0) is 46.1 Å². The van der Waals surface area contributed by atoms with E-state index in [0.29, 0.717) is 18.0 Å². The summed E-state index contributed by atoms with van der Waals surface area (Å²) in [7, 11) is 0. The molecule has 1 aliphatic heterocycles. The summed E-state index contributed by atoms with van der Waals surface area (Å²) in [4.78, 5) is 7.41. The Labute approximate surface area is 154 Å². The molecule has 0 radical (unpaired) electrons. The molecule has 0 amide bonds. The molecule has 1 aromatic rings. The van der Waals surface area contributed by atoms with Gasteiger partial charge in [-0.1, -0.05) is 36.8 Å². The topological polar surface area (TPSA) is 39.7 Å². The van der Waals surface area contributed by atoms with E-state index in [2.05, 4.69) is 74.4 Å². The normalized spacial score (nSPS) is 18.4. The second-order valence-electron chi connectivity index (χ2n) is 7.58. The number of nitrogens with zero attached hydrogens (tertiary/aromatic N) is 2. The predicted molar refractivity (Wildman–Crippen MR) is 108 cm³/mol. The summed E-state index contributed by atoms with van der Waals surface area (Å²) in [5.41, 5.74) is 2.68. The first-order valence-electron chi connectivity index (χ1n) is 9.85. The molecule has 4 heteroatoms. The number of piperidine rings is 1. The van der Waals surface area contributed by atoms with Crippen LogP contribution in [0.4, 0.5) is 0 Å². The van der Waals surface area contributed by atoms with Crippen LogP contribution in [0.5, 0.6) is 0 Å². The smallest absolute Gasteiger partial charge is 0.191 e. The third kappa shape index (κ3) is 6.35. The van der Waals surface area contributed by atoms with Crippen LogP contribution in [-0.2, 0) is 0 Å². The molecule has 25 heavy (non-hydrogen) atoms. The molecule has 0 aromatic heterocycles. The van der Waals surface area contributed by atoms with Gasteiger partial charge in [-0.25, -0.2) is 0 Å². The summed E-state index contributed by atoms with van der Waals surface area (Å²) in [6, 6.07) is 9.93. The Kier molecular flexibility index (Phi) is 7.76. The molecular formula is C21H36N4. The van der Waals surface area contributed by atoms with Crippen molar-refractivity contribution in [2.75, 3.05) is 26.2 Å². The van der Waals surface area contributed by atoms with Crippen molar-refractivity contribution in [1.29, 1.82) is 0 Å². The van der Waals surface area contributed by atoms with Crippen molar-refractivity contribution in [3.05, 3.63) is 35.4 Å². The predicted octanol–water partition coefficient (Wildman–Crippen LogP) is 3.53. The maximum Gasteiger partial charge on any atom is 0.191 e. The maximum absolute atomic E-state index is 4.85. The fourth-order valence-electron chi connectivity index (χ4n) is 3.38. The first-order valence-corrected chi connectivity index (χ1v) is 9.85. The molecule has 1 fully saturated rings. The highest BCUT2D eigenvalue weighted by Gasteiger charge is 2.21. The second-order valence-corrected chi connectivity index (χ2v) is 7.58. The summed E-state index contributed by atoms with van der Waals surface area (Å²) in [6.45, 7) is 15.2. The Morgan fingerprint density at radius 1 is 1.24 bits per heavy atom. The summed E-state index contributed by atoms with van der Waals surface area (Å²) in [5.74, 6) is 1.39. The van der Waals surface area contributed by atoms with Gasteiger partial charge in [0.1, 0.15) is 0 Å². The third-order valence-electron chi connectivity index (χ3n) is 5.08. The van der Waals surface area contributed by atoms with Gasteiger partial charge in [-0.15, -0.1) is 0 Å². The minimum atomic E-state index is 0.429. The zero-order chi connectivity index (χ0) is 18.2. The lowest BCUT2D eigenvalue weighted by atomic mass is 10.00. The van der Waals surface area contributed by atoms with Gasteiger partial charge in [-0.2, -0.15) is 0 Å². The summed E-state index contributed by atoms with van der Waals surface area (Å²) in [5, 5.41) is 7.05. The zero-order valence-corrected chi connectivity index (χ0v) is 16.7. The summed E-state index contributed by atoms with van der Waals surface area (Å²) < 4.78 is 0. The fourth-order valence-corrected chi connectivity index (χ4v) is 3.38. The molecule has 4 nitrogen and oxygen atoms in total. The van der Waals surface area contributed by atoms with Crippen LogP contribution in [0.1, 0.15) is 57.6 Å². The van der Waals surface area contributed by atoms with Crippen LogP contribution < -0.4 is 10.6 Å². The number of guanidine groups is 1. The molecule has 140 valence electrons. The van der Waals surface area contributed by atoms with Crippen molar-refractivity contribution in [2.24, 2.45) is 4.99 Å². The molecule has 1 unspecified atom stereocenters. The van der Waals surface area contributed by atoms with Crippen molar-refractivity contribution in [3.8, 4) is 0 Å². The SMILES string of the molecule is CCNC(=NCC(C)c1cccc(C)c1)NC1CCN(C(C)C)CC1. The number of hydrogen-bond donors (Lipinski definition) is 2. The molecule has 0 aliphatic carbocycles. The lowest BCUT2D eigenvalue weighted by Gasteiger charge is -2.35. The average Bonchev–Trinajstić information content (AvgIpc) is 2.60. The van der Waals surface area contributed by atoms with Crippen LogP contribution in [-0.4, -0.2) is 49.1 Å². The van der Waals surface area contributed by atoms with Gasteiger partial charge < -0.3 is 15.5 Å². The van der Waals surface area contributed by atoms with Gasteiger partial charge in [-0.3, -0.25) is 4.99 Å². The molecule has 2 N–H and O–H groups in total. The number of likely N-dealkylation sites (tertiary alicyclic amines) is 1. The van der Waals surface area contributed by atoms with E-state index in [-0.39, 0.29) is 0 Å². The molecule has 1 atom stereocenters. The molecule has 0 spiro atoms. The van der Waals surface area contributed by atoms with Crippen LogP contribution in [0.2, 0.25) is 0 Å². The van der Waals surface area contributed by atoms with Crippen LogP contribution in [0, 0.1) is 6.92 Å². The van der Waals surface area contributed by atoms with Gasteiger partial charge >= 0.3 is 0 Å². The molecule has 1 aliphatic rings. The van der Waals surface area contributed by atoms with Crippen LogP contribution >= 0.6 is 0 Å². The van der Waals surface area contributed by atoms with Gasteiger partial charge in [0, 0.05) is 44.2 Å². The molecule has 1 aromatic carbocycles. The molecule has 1 saturated heterocycles. The molecule has 0 saturated carbocycles. The van der Waals surface area contributed by atoms with Crippen molar-refractivity contribution in [3.63, 3.8) is 0 Å². The standard InChI is InChI=1S/C21H36N4/c1-6-22-21(24-20-10-12-25(13-11-20)16(2)3)23-15-18(5)19-9-7-8-17(4)14-19/h7-9,14,16,18,20H,6,10-13,15H2,1-5H3,(H2,22,23,24).